The number of hydrogen-bond acceptors (Lipinski definition) is 4. The molecule has 0 aliphatic heterocycles. The third-order valence-electron chi connectivity index (χ3n) is 3.18. The van der Waals surface area contributed by atoms with Gasteiger partial charge in [-0.3, -0.25) is 4.68 Å². The zero-order valence-electron chi connectivity index (χ0n) is 11.9. The minimum atomic E-state index is -3.59. The number of nitrogens with zero attached hydrogens (tertiary/aromatic N) is 2. The molecule has 1 aromatic carbocycles. The van der Waals surface area contributed by atoms with Crippen molar-refractivity contribution in [2.75, 3.05) is 6.54 Å². The van der Waals surface area contributed by atoms with E-state index in [0.717, 1.165) is 5.56 Å². The van der Waals surface area contributed by atoms with Crippen LogP contribution in [-0.2, 0) is 29.6 Å². The van der Waals surface area contributed by atoms with Gasteiger partial charge in [0.1, 0.15) is 0 Å². The fourth-order valence-corrected chi connectivity index (χ4v) is 3.42. The molecule has 0 saturated heterocycles. The van der Waals surface area contributed by atoms with Gasteiger partial charge in [-0.15, -0.1) is 0 Å². The van der Waals surface area contributed by atoms with Crippen LogP contribution in [0.5, 0.6) is 0 Å². The molecule has 0 atom stereocenters. The minimum absolute atomic E-state index is 0.181. The van der Waals surface area contributed by atoms with Gasteiger partial charge in [0.05, 0.1) is 18.0 Å². The lowest BCUT2D eigenvalue weighted by Gasteiger charge is -2.12. The molecule has 2 rings (SSSR count). The van der Waals surface area contributed by atoms with Gasteiger partial charge in [-0.05, 0) is 29.7 Å². The molecule has 0 fully saturated rings. The molecule has 0 unspecified atom stereocenters. The largest absolute Gasteiger partial charge is 0.392 e. The highest BCUT2D eigenvalue weighted by Crippen LogP contribution is 2.18. The highest BCUT2D eigenvalue weighted by Gasteiger charge is 2.17. The number of sulfonamides is 1. The maximum absolute atomic E-state index is 12.4. The Balaban J connectivity index is 2.14. The van der Waals surface area contributed by atoms with Gasteiger partial charge in [0.25, 0.3) is 0 Å². The smallest absolute Gasteiger partial charge is 0.240 e. The predicted molar refractivity (Wildman–Crippen MR) is 79.2 cm³/mol. The number of benzene rings is 1. The molecule has 2 aromatic rings. The molecule has 21 heavy (non-hydrogen) atoms. The molecule has 7 heteroatoms. The quantitative estimate of drug-likeness (QED) is 0.796. The van der Waals surface area contributed by atoms with Crippen LogP contribution in [-0.4, -0.2) is 29.8 Å². The summed E-state index contributed by atoms with van der Waals surface area (Å²) in [6, 6.07) is 6.79. The monoisotopic (exact) mass is 309 g/mol. The topological polar surface area (TPSA) is 84.2 Å². The number of hydrogen-bond donors (Lipinski definition) is 2. The SMILES string of the molecule is CCc1ccc(CO)cc1S(=O)(=O)NCCn1cccn1. The van der Waals surface area contributed by atoms with Gasteiger partial charge in [-0.1, -0.05) is 19.1 Å². The van der Waals surface area contributed by atoms with Crippen molar-refractivity contribution in [2.45, 2.75) is 31.4 Å². The van der Waals surface area contributed by atoms with Crippen molar-refractivity contribution in [1.82, 2.24) is 14.5 Å². The molecule has 2 N–H and O–H groups in total. The van der Waals surface area contributed by atoms with Gasteiger partial charge in [-0.2, -0.15) is 5.10 Å². The Bertz CT molecular complexity index is 681. The van der Waals surface area contributed by atoms with Crippen molar-refractivity contribution in [2.24, 2.45) is 0 Å². The number of nitrogens with one attached hydrogen (secondary N) is 1. The fourth-order valence-electron chi connectivity index (χ4n) is 2.04. The molecule has 0 bridgehead atoms. The van der Waals surface area contributed by atoms with Crippen LogP contribution >= 0.6 is 0 Å². The van der Waals surface area contributed by atoms with E-state index in [9.17, 15) is 8.42 Å². The lowest BCUT2D eigenvalue weighted by atomic mass is 10.1. The van der Waals surface area contributed by atoms with Gasteiger partial charge >= 0.3 is 0 Å². The van der Waals surface area contributed by atoms with Gasteiger partial charge in [-0.25, -0.2) is 13.1 Å². The first-order chi connectivity index (χ1) is 10.1. The minimum Gasteiger partial charge on any atom is -0.392 e. The second kappa shape index (κ2) is 6.84. The van der Waals surface area contributed by atoms with Crippen LogP contribution in [0.1, 0.15) is 18.1 Å². The average Bonchev–Trinajstić information content (AvgIpc) is 2.99. The first-order valence-corrected chi connectivity index (χ1v) is 8.25. The van der Waals surface area contributed by atoms with Crippen molar-refractivity contribution >= 4 is 10.0 Å². The van der Waals surface area contributed by atoms with E-state index in [0.29, 0.717) is 18.5 Å². The van der Waals surface area contributed by atoms with Gasteiger partial charge in [0, 0.05) is 18.9 Å². The van der Waals surface area contributed by atoms with E-state index in [1.807, 2.05) is 6.92 Å². The Morgan fingerprint density at radius 2 is 2.19 bits per heavy atom. The Morgan fingerprint density at radius 3 is 2.81 bits per heavy atom. The fraction of sp³-hybridized carbons (Fsp3) is 0.357. The van der Waals surface area contributed by atoms with E-state index in [2.05, 4.69) is 9.82 Å². The molecule has 0 spiro atoms. The third kappa shape index (κ3) is 3.90. The third-order valence-corrected chi connectivity index (χ3v) is 4.72. The summed E-state index contributed by atoms with van der Waals surface area (Å²) >= 11 is 0. The second-order valence-corrected chi connectivity index (χ2v) is 6.36. The molecular formula is C14H19N3O3S. The highest BCUT2D eigenvalue weighted by molar-refractivity contribution is 7.89. The van der Waals surface area contributed by atoms with Crippen LogP contribution in [0.4, 0.5) is 0 Å². The Kier molecular flexibility index (Phi) is 5.11. The number of aryl methyl sites for hydroxylation is 1. The van der Waals surface area contributed by atoms with Crippen LogP contribution in [0.15, 0.2) is 41.6 Å². The van der Waals surface area contributed by atoms with Crippen molar-refractivity contribution in [1.29, 1.82) is 0 Å². The van der Waals surface area contributed by atoms with E-state index in [1.165, 1.54) is 6.07 Å². The zero-order chi connectivity index (χ0) is 15.3. The van der Waals surface area contributed by atoms with Crippen molar-refractivity contribution in [3.63, 3.8) is 0 Å². The lowest BCUT2D eigenvalue weighted by Crippen LogP contribution is -2.28. The maximum Gasteiger partial charge on any atom is 0.240 e. The van der Waals surface area contributed by atoms with E-state index in [1.54, 1.807) is 35.3 Å². The zero-order valence-corrected chi connectivity index (χ0v) is 12.7. The Morgan fingerprint density at radius 1 is 1.38 bits per heavy atom. The van der Waals surface area contributed by atoms with Crippen molar-refractivity contribution in [3.8, 4) is 0 Å². The number of aromatic nitrogens is 2. The molecule has 1 heterocycles. The van der Waals surface area contributed by atoms with E-state index in [4.69, 9.17) is 5.11 Å². The summed E-state index contributed by atoms with van der Waals surface area (Å²) in [6.45, 7) is 2.44. The molecule has 114 valence electrons. The second-order valence-electron chi connectivity index (χ2n) is 4.62. The van der Waals surface area contributed by atoms with Crippen molar-refractivity contribution in [3.05, 3.63) is 47.8 Å². The summed E-state index contributed by atoms with van der Waals surface area (Å²) < 4.78 is 29.0. The Hall–Kier alpha value is -1.70. The molecule has 6 nitrogen and oxygen atoms in total. The normalized spacial score (nSPS) is 11.7. The highest BCUT2D eigenvalue weighted by atomic mass is 32.2. The van der Waals surface area contributed by atoms with Crippen LogP contribution in [0.2, 0.25) is 0 Å². The van der Waals surface area contributed by atoms with E-state index in [-0.39, 0.29) is 18.0 Å². The van der Waals surface area contributed by atoms with Gasteiger partial charge < -0.3 is 5.11 Å². The standard InChI is InChI=1S/C14H19N3O3S/c1-2-13-5-4-12(11-18)10-14(13)21(19,20)16-7-9-17-8-3-6-15-17/h3-6,8,10,16,18H,2,7,9,11H2,1H3. The molecule has 0 saturated carbocycles. The van der Waals surface area contributed by atoms with Crippen LogP contribution in [0, 0.1) is 0 Å². The summed E-state index contributed by atoms with van der Waals surface area (Å²) in [6.07, 6.45) is 4.04. The molecule has 1 aromatic heterocycles. The van der Waals surface area contributed by atoms with Gasteiger partial charge in [0.15, 0.2) is 0 Å². The van der Waals surface area contributed by atoms with E-state index >= 15 is 0 Å². The summed E-state index contributed by atoms with van der Waals surface area (Å²) in [4.78, 5) is 0.233. The molecule has 0 amide bonds. The number of aliphatic hydroxyl groups is 1. The lowest BCUT2D eigenvalue weighted by molar-refractivity contribution is 0.281. The molecule has 0 aliphatic rings. The summed E-state index contributed by atoms with van der Waals surface area (Å²) in [5, 5.41) is 13.2. The maximum atomic E-state index is 12.4. The van der Waals surface area contributed by atoms with Crippen LogP contribution in [0.3, 0.4) is 0 Å². The molecule has 0 radical (unpaired) electrons. The summed E-state index contributed by atoms with van der Waals surface area (Å²) in [7, 11) is -3.59. The average molecular weight is 309 g/mol. The molecule has 0 aliphatic carbocycles. The molecular weight excluding hydrogens is 290 g/mol. The predicted octanol–water partition coefficient (Wildman–Crippen LogP) is 0.916. The van der Waals surface area contributed by atoms with Crippen LogP contribution < -0.4 is 4.72 Å². The first kappa shape index (κ1) is 15.7. The number of aliphatic hydroxyl groups excluding tert-OH is 1. The van der Waals surface area contributed by atoms with Crippen molar-refractivity contribution < 1.29 is 13.5 Å². The summed E-state index contributed by atoms with van der Waals surface area (Å²) in [5.74, 6) is 0. The first-order valence-electron chi connectivity index (χ1n) is 6.76. The Labute approximate surface area is 124 Å². The van der Waals surface area contributed by atoms with Gasteiger partial charge in [0.2, 0.25) is 10.0 Å². The van der Waals surface area contributed by atoms with Crippen LogP contribution in [0.25, 0.3) is 0 Å². The summed E-state index contributed by atoms with van der Waals surface area (Å²) in [5.41, 5.74) is 1.32. The number of rotatable bonds is 7. The van der Waals surface area contributed by atoms with E-state index < -0.39 is 10.0 Å².